The van der Waals surface area contributed by atoms with Crippen molar-refractivity contribution in [3.8, 4) is 5.75 Å². The Morgan fingerprint density at radius 2 is 2.10 bits per heavy atom. The van der Waals surface area contributed by atoms with Gasteiger partial charge >= 0.3 is 5.97 Å². The Hall–Kier alpha value is -2.14. The SMILES string of the molecule is O=C(O)/C=C/c1ccc2c(c1)C(=O)CC1(CCNCC1)O2. The largest absolute Gasteiger partial charge is 0.486 e. The number of nitrogens with one attached hydrogen (secondary N) is 1. The topological polar surface area (TPSA) is 75.6 Å². The van der Waals surface area contributed by atoms with Crippen LogP contribution in [0.2, 0.25) is 0 Å². The molecule has 0 atom stereocenters. The minimum atomic E-state index is -1.01. The van der Waals surface area contributed by atoms with Crippen LogP contribution in [0.15, 0.2) is 24.3 Å². The van der Waals surface area contributed by atoms with Gasteiger partial charge in [-0.15, -0.1) is 0 Å². The number of ketones is 1. The molecule has 0 unspecified atom stereocenters. The van der Waals surface area contributed by atoms with Gasteiger partial charge in [0.1, 0.15) is 11.4 Å². The van der Waals surface area contributed by atoms with E-state index in [1.807, 2.05) is 0 Å². The summed E-state index contributed by atoms with van der Waals surface area (Å²) in [5.41, 5.74) is 0.870. The lowest BCUT2D eigenvalue weighted by Gasteiger charge is -2.40. The second-order valence-electron chi connectivity index (χ2n) is 5.56. The highest BCUT2D eigenvalue weighted by Gasteiger charge is 2.41. The lowest BCUT2D eigenvalue weighted by molar-refractivity contribution is -0.131. The minimum absolute atomic E-state index is 0.0729. The third kappa shape index (κ3) is 2.83. The van der Waals surface area contributed by atoms with Gasteiger partial charge in [-0.05, 0) is 36.9 Å². The van der Waals surface area contributed by atoms with Crippen LogP contribution < -0.4 is 10.1 Å². The van der Waals surface area contributed by atoms with Gasteiger partial charge in [0, 0.05) is 18.9 Å². The maximum absolute atomic E-state index is 12.4. The van der Waals surface area contributed by atoms with Gasteiger partial charge in [-0.2, -0.15) is 0 Å². The summed E-state index contributed by atoms with van der Waals surface area (Å²) in [6, 6.07) is 5.23. The molecule has 1 aromatic carbocycles. The number of carboxylic acids is 1. The fourth-order valence-electron chi connectivity index (χ4n) is 2.94. The third-order valence-electron chi connectivity index (χ3n) is 4.05. The van der Waals surface area contributed by atoms with Crippen LogP contribution in [-0.4, -0.2) is 35.5 Å². The molecule has 1 saturated heterocycles. The first kappa shape index (κ1) is 13.8. The van der Waals surface area contributed by atoms with Gasteiger partial charge in [0.05, 0.1) is 12.0 Å². The number of hydrogen-bond acceptors (Lipinski definition) is 4. The van der Waals surface area contributed by atoms with Gasteiger partial charge < -0.3 is 15.2 Å². The van der Waals surface area contributed by atoms with Crippen molar-refractivity contribution in [2.75, 3.05) is 13.1 Å². The summed E-state index contributed by atoms with van der Waals surface area (Å²) in [6.07, 6.45) is 4.60. The van der Waals surface area contributed by atoms with Crippen LogP contribution in [0, 0.1) is 0 Å². The Balaban J connectivity index is 1.89. The van der Waals surface area contributed by atoms with Crippen LogP contribution in [-0.2, 0) is 4.79 Å². The fraction of sp³-hybridized carbons (Fsp3) is 0.375. The molecule has 2 heterocycles. The molecule has 0 aliphatic carbocycles. The number of carboxylic acid groups (broad SMARTS) is 1. The maximum Gasteiger partial charge on any atom is 0.328 e. The van der Waals surface area contributed by atoms with Gasteiger partial charge in [0.2, 0.25) is 0 Å². The maximum atomic E-state index is 12.4. The van der Waals surface area contributed by atoms with E-state index in [0.717, 1.165) is 32.0 Å². The molecule has 2 aliphatic heterocycles. The molecule has 21 heavy (non-hydrogen) atoms. The number of benzene rings is 1. The van der Waals surface area contributed by atoms with Crippen LogP contribution >= 0.6 is 0 Å². The number of piperidine rings is 1. The molecule has 0 aromatic heterocycles. The smallest absolute Gasteiger partial charge is 0.328 e. The lowest BCUT2D eigenvalue weighted by atomic mass is 9.83. The molecule has 5 heteroatoms. The van der Waals surface area contributed by atoms with Crippen molar-refractivity contribution in [2.45, 2.75) is 24.9 Å². The highest BCUT2D eigenvalue weighted by molar-refractivity contribution is 6.01. The van der Waals surface area contributed by atoms with Gasteiger partial charge in [0.15, 0.2) is 5.78 Å². The number of carbonyl (C=O) groups excluding carboxylic acids is 1. The summed E-state index contributed by atoms with van der Waals surface area (Å²) in [5.74, 6) is -0.326. The average Bonchev–Trinajstić information content (AvgIpc) is 2.46. The summed E-state index contributed by atoms with van der Waals surface area (Å²) in [5, 5.41) is 11.9. The van der Waals surface area contributed by atoms with Gasteiger partial charge in [-0.1, -0.05) is 6.07 Å². The Morgan fingerprint density at radius 1 is 1.33 bits per heavy atom. The van der Waals surface area contributed by atoms with Crippen LogP contribution in [0.25, 0.3) is 6.08 Å². The van der Waals surface area contributed by atoms with E-state index in [1.54, 1.807) is 18.2 Å². The van der Waals surface area contributed by atoms with Gasteiger partial charge in [-0.25, -0.2) is 4.79 Å². The molecule has 2 N–H and O–H groups in total. The molecular formula is C16H17NO4. The van der Waals surface area contributed by atoms with E-state index in [1.165, 1.54) is 6.08 Å². The molecule has 1 fully saturated rings. The Morgan fingerprint density at radius 3 is 2.81 bits per heavy atom. The molecule has 0 radical (unpaired) electrons. The quantitative estimate of drug-likeness (QED) is 0.812. The average molecular weight is 287 g/mol. The van der Waals surface area contributed by atoms with Crippen molar-refractivity contribution in [1.82, 2.24) is 5.32 Å². The van der Waals surface area contributed by atoms with E-state index < -0.39 is 5.97 Å². The zero-order valence-corrected chi connectivity index (χ0v) is 11.6. The number of rotatable bonds is 2. The Bertz CT molecular complexity index is 615. The van der Waals surface area contributed by atoms with Crippen molar-refractivity contribution >= 4 is 17.8 Å². The molecule has 1 aromatic rings. The predicted octanol–water partition coefficient (Wildman–Crippen LogP) is 1.87. The molecular weight excluding hydrogens is 270 g/mol. The predicted molar refractivity (Wildman–Crippen MR) is 77.5 cm³/mol. The standard InChI is InChI=1S/C16H17NO4/c18-13-10-16(5-7-17-8-6-16)21-14-3-1-11(9-12(13)14)2-4-15(19)20/h1-4,9,17H,5-8,10H2,(H,19,20)/b4-2+. The molecule has 1 spiro atoms. The van der Waals surface area contributed by atoms with Crippen molar-refractivity contribution in [2.24, 2.45) is 0 Å². The molecule has 0 saturated carbocycles. The number of fused-ring (bicyclic) bond motifs is 1. The first-order valence-corrected chi connectivity index (χ1v) is 7.06. The summed E-state index contributed by atoms with van der Waals surface area (Å²) < 4.78 is 6.11. The monoisotopic (exact) mass is 287 g/mol. The Kier molecular flexibility index (Phi) is 3.51. The zero-order chi connectivity index (χ0) is 14.9. The van der Waals surface area contributed by atoms with Crippen molar-refractivity contribution in [1.29, 1.82) is 0 Å². The second-order valence-corrected chi connectivity index (χ2v) is 5.56. The highest BCUT2D eigenvalue weighted by Crippen LogP contribution is 2.38. The van der Waals surface area contributed by atoms with Gasteiger partial charge in [0.25, 0.3) is 0 Å². The normalized spacial score (nSPS) is 20.3. The molecule has 110 valence electrons. The van der Waals surface area contributed by atoms with E-state index in [0.29, 0.717) is 23.3 Å². The van der Waals surface area contributed by atoms with Crippen LogP contribution in [0.5, 0.6) is 5.75 Å². The molecule has 0 bridgehead atoms. The lowest BCUT2D eigenvalue weighted by Crippen LogP contribution is -2.49. The van der Waals surface area contributed by atoms with Crippen LogP contribution in [0.4, 0.5) is 0 Å². The van der Waals surface area contributed by atoms with E-state index in [9.17, 15) is 9.59 Å². The molecule has 2 aliphatic rings. The number of ether oxygens (including phenoxy) is 1. The van der Waals surface area contributed by atoms with Crippen molar-refractivity contribution in [3.05, 3.63) is 35.4 Å². The first-order valence-electron chi connectivity index (χ1n) is 7.06. The Labute approximate surface area is 122 Å². The van der Waals surface area contributed by atoms with E-state index in [2.05, 4.69) is 5.32 Å². The first-order chi connectivity index (χ1) is 10.1. The third-order valence-corrected chi connectivity index (χ3v) is 4.05. The number of carbonyl (C=O) groups is 2. The number of aliphatic carboxylic acids is 1. The van der Waals surface area contributed by atoms with Crippen molar-refractivity contribution < 1.29 is 19.4 Å². The van der Waals surface area contributed by atoms with E-state index in [4.69, 9.17) is 9.84 Å². The molecule has 3 rings (SSSR count). The van der Waals surface area contributed by atoms with Crippen LogP contribution in [0.3, 0.4) is 0 Å². The summed E-state index contributed by atoms with van der Waals surface area (Å²) in [6.45, 7) is 1.73. The van der Waals surface area contributed by atoms with E-state index >= 15 is 0 Å². The highest BCUT2D eigenvalue weighted by atomic mass is 16.5. The summed E-state index contributed by atoms with van der Waals surface area (Å²) >= 11 is 0. The van der Waals surface area contributed by atoms with E-state index in [-0.39, 0.29) is 11.4 Å². The minimum Gasteiger partial charge on any atom is -0.486 e. The van der Waals surface area contributed by atoms with Gasteiger partial charge in [-0.3, -0.25) is 4.79 Å². The fourth-order valence-corrected chi connectivity index (χ4v) is 2.94. The summed E-state index contributed by atoms with van der Waals surface area (Å²) in [7, 11) is 0. The van der Waals surface area contributed by atoms with Crippen molar-refractivity contribution in [3.63, 3.8) is 0 Å². The summed E-state index contributed by atoms with van der Waals surface area (Å²) in [4.78, 5) is 23.0. The zero-order valence-electron chi connectivity index (χ0n) is 11.6. The van der Waals surface area contributed by atoms with Crippen LogP contribution in [0.1, 0.15) is 35.2 Å². The molecule has 5 nitrogen and oxygen atoms in total. The number of Topliss-reactive ketones (excluding diaryl/α,β-unsaturated/α-hetero) is 1. The second kappa shape index (κ2) is 5.33. The number of hydrogen-bond donors (Lipinski definition) is 2. The molecule has 0 amide bonds.